The van der Waals surface area contributed by atoms with Gasteiger partial charge >= 0.3 is 0 Å². The molecule has 0 aliphatic rings. The summed E-state index contributed by atoms with van der Waals surface area (Å²) in [4.78, 5) is 17.6. The van der Waals surface area contributed by atoms with Crippen molar-refractivity contribution in [3.8, 4) is 11.6 Å². The van der Waals surface area contributed by atoms with Crippen molar-refractivity contribution in [1.82, 2.24) is 9.97 Å². The van der Waals surface area contributed by atoms with Crippen molar-refractivity contribution in [3.05, 3.63) is 44.9 Å². The third-order valence-electron chi connectivity index (χ3n) is 2.33. The Hall–Kier alpha value is -2.29. The molecule has 9 heteroatoms. The maximum atomic E-state index is 13.7. The molecule has 0 amide bonds. The van der Waals surface area contributed by atoms with Crippen LogP contribution in [0.15, 0.2) is 29.0 Å². The van der Waals surface area contributed by atoms with Crippen LogP contribution in [-0.4, -0.2) is 21.9 Å². The molecule has 104 valence electrons. The summed E-state index contributed by atoms with van der Waals surface area (Å²) in [5.41, 5.74) is -0.354. The molecule has 1 aromatic carbocycles. The third-order valence-corrected chi connectivity index (χ3v) is 3.04. The lowest BCUT2D eigenvalue weighted by Crippen LogP contribution is -1.99. The zero-order chi connectivity index (χ0) is 14.7. The number of anilines is 1. The average molecular weight is 343 g/mol. The summed E-state index contributed by atoms with van der Waals surface area (Å²) in [7, 11) is 1.66. The van der Waals surface area contributed by atoms with Gasteiger partial charge in [-0.3, -0.25) is 10.1 Å². The van der Waals surface area contributed by atoms with E-state index in [1.807, 2.05) is 0 Å². The lowest BCUT2D eigenvalue weighted by Gasteiger charge is -2.09. The highest BCUT2D eigenvalue weighted by molar-refractivity contribution is 9.10. The highest BCUT2D eigenvalue weighted by atomic mass is 79.9. The van der Waals surface area contributed by atoms with Gasteiger partial charge in [-0.15, -0.1) is 0 Å². The van der Waals surface area contributed by atoms with E-state index >= 15 is 0 Å². The van der Waals surface area contributed by atoms with Crippen LogP contribution in [0.4, 0.5) is 15.9 Å². The predicted octanol–water partition coefficient (Wildman–Crippen LogP) is 3.12. The van der Waals surface area contributed by atoms with Crippen molar-refractivity contribution in [2.24, 2.45) is 0 Å². The van der Waals surface area contributed by atoms with Crippen LogP contribution >= 0.6 is 15.9 Å². The summed E-state index contributed by atoms with van der Waals surface area (Å²) in [6.07, 6.45) is 1.25. The Morgan fingerprint density at radius 3 is 2.80 bits per heavy atom. The lowest BCUT2D eigenvalue weighted by atomic mass is 10.3. The van der Waals surface area contributed by atoms with Gasteiger partial charge in [0.1, 0.15) is 16.6 Å². The molecule has 1 N–H and O–H groups in total. The van der Waals surface area contributed by atoms with E-state index in [0.717, 1.165) is 12.1 Å². The van der Waals surface area contributed by atoms with Gasteiger partial charge in [-0.25, -0.2) is 14.4 Å². The van der Waals surface area contributed by atoms with Gasteiger partial charge < -0.3 is 10.1 Å². The van der Waals surface area contributed by atoms with Gasteiger partial charge in [-0.1, -0.05) is 0 Å². The van der Waals surface area contributed by atoms with Crippen LogP contribution < -0.4 is 10.1 Å². The molecule has 0 fully saturated rings. The molecule has 0 bridgehead atoms. The van der Waals surface area contributed by atoms with E-state index in [0.29, 0.717) is 10.3 Å². The molecule has 0 aliphatic carbocycles. The predicted molar refractivity (Wildman–Crippen MR) is 72.4 cm³/mol. The molecule has 0 saturated carbocycles. The molecule has 0 saturated heterocycles. The molecule has 0 atom stereocenters. The highest BCUT2D eigenvalue weighted by Crippen LogP contribution is 2.33. The van der Waals surface area contributed by atoms with Gasteiger partial charge in [-0.2, -0.15) is 0 Å². The van der Waals surface area contributed by atoms with E-state index in [9.17, 15) is 14.5 Å². The number of halogens is 2. The van der Waals surface area contributed by atoms with E-state index in [4.69, 9.17) is 4.74 Å². The van der Waals surface area contributed by atoms with Crippen LogP contribution in [-0.2, 0) is 0 Å². The zero-order valence-corrected chi connectivity index (χ0v) is 11.7. The Labute approximate surface area is 121 Å². The fourth-order valence-electron chi connectivity index (χ4n) is 1.39. The van der Waals surface area contributed by atoms with Crippen molar-refractivity contribution in [2.75, 3.05) is 12.4 Å². The molecule has 0 spiro atoms. The van der Waals surface area contributed by atoms with E-state index < -0.39 is 10.7 Å². The molecule has 1 aromatic heterocycles. The molecule has 0 unspecified atom stereocenters. The molecule has 0 radical (unpaired) electrons. The number of ether oxygens (including phenoxy) is 1. The summed E-state index contributed by atoms with van der Waals surface area (Å²) in [6, 6.07) is 3.09. The first-order valence-electron chi connectivity index (χ1n) is 5.33. The van der Waals surface area contributed by atoms with Crippen molar-refractivity contribution in [2.45, 2.75) is 0 Å². The average Bonchev–Trinajstić information content (AvgIpc) is 2.43. The Morgan fingerprint density at radius 2 is 2.20 bits per heavy atom. The number of hydrogen-bond acceptors (Lipinski definition) is 6. The minimum absolute atomic E-state index is 0.0945. The molecule has 1 heterocycles. The van der Waals surface area contributed by atoms with Crippen LogP contribution in [0.1, 0.15) is 0 Å². The summed E-state index contributed by atoms with van der Waals surface area (Å²) >= 11 is 3.22. The minimum atomic E-state index is -0.851. The number of hydrogen-bond donors (Lipinski definition) is 1. The Bertz CT molecular complexity index is 668. The molecule has 20 heavy (non-hydrogen) atoms. The first-order valence-corrected chi connectivity index (χ1v) is 6.12. The van der Waals surface area contributed by atoms with Gasteiger partial charge in [0.15, 0.2) is 11.6 Å². The Balaban J connectivity index is 2.33. The molecule has 2 rings (SSSR count). The number of rotatable bonds is 4. The smallest absolute Gasteiger partial charge is 0.272 e. The van der Waals surface area contributed by atoms with Crippen LogP contribution in [0.5, 0.6) is 11.6 Å². The van der Waals surface area contributed by atoms with E-state index in [-0.39, 0.29) is 17.3 Å². The second kappa shape index (κ2) is 5.78. The van der Waals surface area contributed by atoms with Gasteiger partial charge in [0.2, 0.25) is 5.88 Å². The van der Waals surface area contributed by atoms with Gasteiger partial charge in [-0.05, 0) is 22.0 Å². The number of non-ortho nitro benzene ring substituents is 1. The quantitative estimate of drug-likeness (QED) is 0.678. The summed E-state index contributed by atoms with van der Waals surface area (Å²) in [6.45, 7) is 0. The van der Waals surface area contributed by atoms with E-state index in [2.05, 4.69) is 31.2 Å². The zero-order valence-electron chi connectivity index (χ0n) is 10.1. The summed E-state index contributed by atoms with van der Waals surface area (Å²) in [5.74, 6) is -0.456. The van der Waals surface area contributed by atoms with Crippen LogP contribution in [0.3, 0.4) is 0 Å². The number of nitrogens with zero attached hydrogens (tertiary/aromatic N) is 3. The van der Waals surface area contributed by atoms with Crippen LogP contribution in [0, 0.1) is 15.9 Å². The summed E-state index contributed by atoms with van der Waals surface area (Å²) in [5, 5.41) is 13.3. The van der Waals surface area contributed by atoms with Crippen molar-refractivity contribution in [3.63, 3.8) is 0 Å². The third kappa shape index (κ3) is 2.82. The maximum Gasteiger partial charge on any atom is 0.272 e. The van der Waals surface area contributed by atoms with Crippen molar-refractivity contribution in [1.29, 1.82) is 0 Å². The van der Waals surface area contributed by atoms with Gasteiger partial charge in [0.25, 0.3) is 5.69 Å². The first-order chi connectivity index (χ1) is 9.52. The first kappa shape index (κ1) is 14.1. The fraction of sp³-hybridized carbons (Fsp3) is 0.0909. The van der Waals surface area contributed by atoms with Gasteiger partial charge in [0.05, 0.1) is 11.0 Å². The monoisotopic (exact) mass is 342 g/mol. The van der Waals surface area contributed by atoms with Crippen LogP contribution in [0.2, 0.25) is 0 Å². The Morgan fingerprint density at radius 1 is 1.45 bits per heavy atom. The highest BCUT2D eigenvalue weighted by Gasteiger charge is 2.15. The fourth-order valence-corrected chi connectivity index (χ4v) is 1.87. The number of benzene rings is 1. The lowest BCUT2D eigenvalue weighted by molar-refractivity contribution is -0.385. The SMILES string of the molecule is CNc1ncnc(Oc2ccc([N+](=O)[O-])cc2F)c1Br. The van der Waals surface area contributed by atoms with Gasteiger partial charge in [0, 0.05) is 13.1 Å². The van der Waals surface area contributed by atoms with E-state index in [1.165, 1.54) is 12.4 Å². The second-order valence-electron chi connectivity index (χ2n) is 3.57. The maximum absolute atomic E-state index is 13.7. The normalized spacial score (nSPS) is 10.2. The molecule has 7 nitrogen and oxygen atoms in total. The van der Waals surface area contributed by atoms with Crippen LogP contribution in [0.25, 0.3) is 0 Å². The number of nitrogens with one attached hydrogen (secondary N) is 1. The topological polar surface area (TPSA) is 90.2 Å². The Kier molecular flexibility index (Phi) is 4.08. The van der Waals surface area contributed by atoms with Crippen molar-refractivity contribution < 1.29 is 14.1 Å². The largest absolute Gasteiger partial charge is 0.435 e. The molecular formula is C11H8BrFN4O3. The number of nitro benzene ring substituents is 1. The summed E-state index contributed by atoms with van der Waals surface area (Å²) < 4.78 is 19.4. The number of aromatic nitrogens is 2. The number of nitro groups is 1. The van der Waals surface area contributed by atoms with E-state index in [1.54, 1.807) is 7.05 Å². The standard InChI is InChI=1S/C11H8BrFN4O3/c1-14-10-9(12)11(16-5-15-10)20-8-3-2-6(17(18)19)4-7(8)13/h2-5H,1H3,(H,14,15,16). The minimum Gasteiger partial charge on any atom is -0.435 e. The van der Waals surface area contributed by atoms with Crippen molar-refractivity contribution >= 4 is 27.4 Å². The molecular weight excluding hydrogens is 335 g/mol. The molecule has 2 aromatic rings. The molecule has 0 aliphatic heterocycles. The second-order valence-corrected chi connectivity index (χ2v) is 4.36.